The van der Waals surface area contributed by atoms with Crippen LogP contribution in [0.5, 0.6) is 0 Å². The van der Waals surface area contributed by atoms with Gasteiger partial charge in [-0.25, -0.2) is 13.1 Å². The molecule has 0 aliphatic heterocycles. The molecule has 0 aliphatic carbocycles. The largest absolute Gasteiger partial charge is 0.325 e. The van der Waals surface area contributed by atoms with E-state index in [1.165, 1.54) is 6.07 Å². The van der Waals surface area contributed by atoms with E-state index < -0.39 is 15.9 Å². The molecule has 0 bridgehead atoms. The van der Waals surface area contributed by atoms with E-state index in [1.807, 2.05) is 19.1 Å². The predicted molar refractivity (Wildman–Crippen MR) is 87.0 cm³/mol. The Bertz CT molecular complexity index is 756. The van der Waals surface area contributed by atoms with Gasteiger partial charge in [0.25, 0.3) is 10.0 Å². The number of rotatable bonds is 5. The number of carbonyl (C=O) groups excluding carboxylic acids is 1. The Morgan fingerprint density at radius 2 is 1.95 bits per heavy atom. The first-order valence-electron chi connectivity index (χ1n) is 5.99. The predicted octanol–water partition coefficient (Wildman–Crippen LogP) is 2.74. The number of carbonyl (C=O) groups is 1. The second kappa shape index (κ2) is 6.69. The van der Waals surface area contributed by atoms with Gasteiger partial charge in [0.2, 0.25) is 5.91 Å². The normalized spacial score (nSPS) is 11.3. The quantitative estimate of drug-likeness (QED) is 0.826. The zero-order chi connectivity index (χ0) is 15.5. The zero-order valence-electron chi connectivity index (χ0n) is 11.1. The number of nitrogens with one attached hydrogen (secondary N) is 2. The molecule has 5 nitrogen and oxygen atoms in total. The maximum absolute atomic E-state index is 12.0. The number of amides is 1. The summed E-state index contributed by atoms with van der Waals surface area (Å²) in [4.78, 5) is 11.8. The molecule has 2 aromatic rings. The molecule has 0 unspecified atom stereocenters. The maximum Gasteiger partial charge on any atom is 0.250 e. The van der Waals surface area contributed by atoms with Gasteiger partial charge in [0.15, 0.2) is 0 Å². The van der Waals surface area contributed by atoms with E-state index >= 15 is 0 Å². The van der Waals surface area contributed by atoms with Crippen molar-refractivity contribution in [3.8, 4) is 0 Å². The van der Waals surface area contributed by atoms with Crippen LogP contribution < -0.4 is 10.0 Å². The molecule has 2 rings (SSSR count). The molecule has 21 heavy (non-hydrogen) atoms. The summed E-state index contributed by atoms with van der Waals surface area (Å²) < 4.78 is 27.1. The van der Waals surface area contributed by atoms with Crippen LogP contribution in [0.2, 0.25) is 0 Å². The average molecular weight is 389 g/mol. The second-order valence-electron chi connectivity index (χ2n) is 4.25. The Hall–Kier alpha value is -1.22. The Morgan fingerprint density at radius 3 is 2.57 bits per heavy atom. The molecule has 1 aromatic heterocycles. The molecule has 0 atom stereocenters. The molecular formula is C13H13BrN2O3S2. The first-order chi connectivity index (χ1) is 9.88. The fourth-order valence-corrected chi connectivity index (χ4v) is 4.62. The minimum Gasteiger partial charge on any atom is -0.325 e. The molecule has 0 spiro atoms. The summed E-state index contributed by atoms with van der Waals surface area (Å²) in [6.45, 7) is 1.55. The van der Waals surface area contributed by atoms with Crippen molar-refractivity contribution in [1.29, 1.82) is 0 Å². The molecule has 1 amide bonds. The highest BCUT2D eigenvalue weighted by atomic mass is 79.9. The van der Waals surface area contributed by atoms with Crippen LogP contribution in [0.25, 0.3) is 0 Å². The van der Waals surface area contributed by atoms with E-state index in [4.69, 9.17) is 0 Å². The van der Waals surface area contributed by atoms with Gasteiger partial charge in [-0.3, -0.25) is 4.79 Å². The number of aryl methyl sites for hydroxylation is 1. The Morgan fingerprint density at radius 1 is 1.24 bits per heavy atom. The highest BCUT2D eigenvalue weighted by Gasteiger charge is 2.17. The fourth-order valence-electron chi connectivity index (χ4n) is 1.58. The molecule has 0 saturated heterocycles. The van der Waals surface area contributed by atoms with Gasteiger partial charge in [-0.2, -0.15) is 0 Å². The third-order valence-corrected chi connectivity index (χ3v) is 6.17. The van der Waals surface area contributed by atoms with Gasteiger partial charge in [-0.1, -0.05) is 18.2 Å². The molecule has 0 radical (unpaired) electrons. The first-order valence-corrected chi connectivity index (χ1v) is 9.08. The number of sulfonamides is 1. The highest BCUT2D eigenvalue weighted by Crippen LogP contribution is 2.25. The van der Waals surface area contributed by atoms with Crippen molar-refractivity contribution in [3.05, 3.63) is 45.7 Å². The number of hydrogen-bond acceptors (Lipinski definition) is 4. The van der Waals surface area contributed by atoms with E-state index in [0.717, 1.165) is 16.9 Å². The maximum atomic E-state index is 12.0. The molecule has 8 heteroatoms. The second-order valence-corrected chi connectivity index (χ2v) is 8.70. The Labute approximate surface area is 135 Å². The van der Waals surface area contributed by atoms with Gasteiger partial charge in [-0.15, -0.1) is 11.3 Å². The molecule has 1 heterocycles. The Balaban J connectivity index is 1.97. The van der Waals surface area contributed by atoms with Gasteiger partial charge >= 0.3 is 0 Å². The van der Waals surface area contributed by atoms with Crippen LogP contribution in [0.3, 0.4) is 0 Å². The van der Waals surface area contributed by atoms with Gasteiger partial charge < -0.3 is 5.32 Å². The lowest BCUT2D eigenvalue weighted by Crippen LogP contribution is -2.32. The summed E-state index contributed by atoms with van der Waals surface area (Å²) in [7, 11) is -3.66. The summed E-state index contributed by atoms with van der Waals surface area (Å²) in [6, 6.07) is 10.4. The summed E-state index contributed by atoms with van der Waals surface area (Å²) in [5.41, 5.74) is 1.58. The summed E-state index contributed by atoms with van der Waals surface area (Å²) in [6.07, 6.45) is 0. The molecule has 2 N–H and O–H groups in total. The smallest absolute Gasteiger partial charge is 0.250 e. The molecule has 0 saturated carbocycles. The van der Waals surface area contributed by atoms with E-state index in [9.17, 15) is 13.2 Å². The summed E-state index contributed by atoms with van der Waals surface area (Å²) >= 11 is 4.29. The standard InChI is InChI=1S/C13H13BrN2O3S2/c1-9-4-2-3-5-10(9)16-12(17)8-15-21(18,19)13-7-6-11(14)20-13/h2-7,15H,8H2,1H3,(H,16,17). The summed E-state index contributed by atoms with van der Waals surface area (Å²) in [5, 5.41) is 2.67. The molecule has 0 aliphatic rings. The topological polar surface area (TPSA) is 75.3 Å². The van der Waals surface area contributed by atoms with Crippen LogP contribution >= 0.6 is 27.3 Å². The van der Waals surface area contributed by atoms with E-state index in [2.05, 4.69) is 26.0 Å². The SMILES string of the molecule is Cc1ccccc1NC(=O)CNS(=O)(=O)c1ccc(Br)s1. The van der Waals surface area contributed by atoms with Gasteiger partial charge in [0.1, 0.15) is 4.21 Å². The van der Waals surface area contributed by atoms with Gasteiger partial charge in [-0.05, 0) is 46.6 Å². The minimum absolute atomic E-state index is 0.165. The van der Waals surface area contributed by atoms with Crippen molar-refractivity contribution >= 4 is 48.9 Å². The van der Waals surface area contributed by atoms with E-state index in [1.54, 1.807) is 18.2 Å². The number of anilines is 1. The molecule has 112 valence electrons. The van der Waals surface area contributed by atoms with Crippen molar-refractivity contribution in [2.24, 2.45) is 0 Å². The van der Waals surface area contributed by atoms with Crippen LogP contribution in [0.1, 0.15) is 5.56 Å². The number of thiophene rings is 1. The van der Waals surface area contributed by atoms with Crippen molar-refractivity contribution in [1.82, 2.24) is 4.72 Å². The van der Waals surface area contributed by atoms with Gasteiger partial charge in [0.05, 0.1) is 10.3 Å². The van der Waals surface area contributed by atoms with E-state index in [-0.39, 0.29) is 10.8 Å². The highest BCUT2D eigenvalue weighted by molar-refractivity contribution is 9.11. The third kappa shape index (κ3) is 4.37. The van der Waals surface area contributed by atoms with Crippen LogP contribution in [-0.4, -0.2) is 20.9 Å². The van der Waals surface area contributed by atoms with Gasteiger partial charge in [0, 0.05) is 5.69 Å². The van der Waals surface area contributed by atoms with E-state index in [0.29, 0.717) is 9.47 Å². The molecule has 0 fully saturated rings. The molecule has 1 aromatic carbocycles. The summed E-state index contributed by atoms with van der Waals surface area (Å²) in [5.74, 6) is -0.413. The lowest BCUT2D eigenvalue weighted by molar-refractivity contribution is -0.115. The average Bonchev–Trinajstić information content (AvgIpc) is 2.87. The first kappa shape index (κ1) is 16.2. The van der Waals surface area contributed by atoms with Crippen molar-refractivity contribution in [3.63, 3.8) is 0 Å². The van der Waals surface area contributed by atoms with Crippen molar-refractivity contribution in [2.45, 2.75) is 11.1 Å². The lowest BCUT2D eigenvalue weighted by Gasteiger charge is -2.08. The number of para-hydroxylation sites is 1. The third-order valence-electron chi connectivity index (χ3n) is 2.66. The van der Waals surface area contributed by atoms with Crippen LogP contribution in [0.15, 0.2) is 44.4 Å². The van der Waals surface area contributed by atoms with Crippen LogP contribution in [0.4, 0.5) is 5.69 Å². The fraction of sp³-hybridized carbons (Fsp3) is 0.154. The monoisotopic (exact) mass is 388 g/mol. The minimum atomic E-state index is -3.66. The number of halogens is 1. The number of hydrogen-bond donors (Lipinski definition) is 2. The van der Waals surface area contributed by atoms with Crippen molar-refractivity contribution in [2.75, 3.05) is 11.9 Å². The lowest BCUT2D eigenvalue weighted by atomic mass is 10.2. The molecular weight excluding hydrogens is 376 g/mol. The zero-order valence-corrected chi connectivity index (χ0v) is 14.3. The van der Waals surface area contributed by atoms with Crippen LogP contribution in [-0.2, 0) is 14.8 Å². The van der Waals surface area contributed by atoms with Crippen LogP contribution in [0, 0.1) is 6.92 Å². The number of benzene rings is 1. The Kier molecular flexibility index (Phi) is 5.15. The van der Waals surface area contributed by atoms with Crippen molar-refractivity contribution < 1.29 is 13.2 Å².